The molecule has 0 aliphatic carbocycles. The fourth-order valence-electron chi connectivity index (χ4n) is 1.88. The normalized spacial score (nSPS) is 11.2. The Kier molecular flexibility index (Phi) is 5.52. The van der Waals surface area contributed by atoms with E-state index in [1.165, 1.54) is 5.56 Å². The first-order valence-electron chi connectivity index (χ1n) is 6.79. The van der Waals surface area contributed by atoms with Gasteiger partial charge in [0.05, 0.1) is 10.6 Å². The number of nitrogens with zero attached hydrogens (tertiary/aromatic N) is 1. The van der Waals surface area contributed by atoms with Gasteiger partial charge in [-0.05, 0) is 37.5 Å². The molecule has 0 atom stereocenters. The Balaban J connectivity index is 1.89. The van der Waals surface area contributed by atoms with Crippen LogP contribution in [0, 0.1) is 0 Å². The minimum atomic E-state index is -0.292. The first-order valence-corrected chi connectivity index (χ1v) is 7.16. The van der Waals surface area contributed by atoms with Gasteiger partial charge in [0.15, 0.2) is 0 Å². The average molecular weight is 301 g/mol. The number of nitrogens with one attached hydrogen (secondary N) is 1. The summed E-state index contributed by atoms with van der Waals surface area (Å²) in [6.45, 7) is 1.90. The lowest BCUT2D eigenvalue weighted by Gasteiger charge is -2.04. The maximum Gasteiger partial charge on any atom is 0.272 e. The van der Waals surface area contributed by atoms with Crippen LogP contribution >= 0.6 is 11.6 Å². The molecule has 0 unspecified atom stereocenters. The molecule has 2 rings (SSSR count). The summed E-state index contributed by atoms with van der Waals surface area (Å²) in [4.78, 5) is 11.9. The molecule has 2 aromatic carbocycles. The van der Waals surface area contributed by atoms with Gasteiger partial charge in [-0.3, -0.25) is 4.79 Å². The first kappa shape index (κ1) is 15.3. The molecule has 0 aromatic heterocycles. The molecule has 0 saturated carbocycles. The van der Waals surface area contributed by atoms with Gasteiger partial charge in [0, 0.05) is 5.71 Å². The predicted molar refractivity (Wildman–Crippen MR) is 86.8 cm³/mol. The Morgan fingerprint density at radius 2 is 1.76 bits per heavy atom. The van der Waals surface area contributed by atoms with Crippen molar-refractivity contribution in [1.29, 1.82) is 0 Å². The number of hydrogen-bond acceptors (Lipinski definition) is 2. The van der Waals surface area contributed by atoms with Crippen LogP contribution in [0.5, 0.6) is 0 Å². The summed E-state index contributed by atoms with van der Waals surface area (Å²) < 4.78 is 0. The maximum atomic E-state index is 11.9. The van der Waals surface area contributed by atoms with Crippen molar-refractivity contribution in [3.63, 3.8) is 0 Å². The SMILES string of the molecule is C/C(CCc1ccccc1)=N/NC(=O)c1ccccc1Cl. The lowest BCUT2D eigenvalue weighted by molar-refractivity contribution is 0.0955. The van der Waals surface area contributed by atoms with Crippen LogP contribution in [0.3, 0.4) is 0 Å². The van der Waals surface area contributed by atoms with Crippen molar-refractivity contribution < 1.29 is 4.79 Å². The molecule has 0 fully saturated rings. The number of hydrazone groups is 1. The highest BCUT2D eigenvalue weighted by molar-refractivity contribution is 6.33. The molecule has 2 aromatic rings. The highest BCUT2D eigenvalue weighted by atomic mass is 35.5. The summed E-state index contributed by atoms with van der Waals surface area (Å²) >= 11 is 5.97. The highest BCUT2D eigenvalue weighted by Crippen LogP contribution is 2.14. The fourth-order valence-corrected chi connectivity index (χ4v) is 2.10. The van der Waals surface area contributed by atoms with Gasteiger partial charge < -0.3 is 0 Å². The molecule has 21 heavy (non-hydrogen) atoms. The van der Waals surface area contributed by atoms with Crippen molar-refractivity contribution in [1.82, 2.24) is 5.43 Å². The van der Waals surface area contributed by atoms with Gasteiger partial charge in [0.25, 0.3) is 5.91 Å². The van der Waals surface area contributed by atoms with Crippen molar-refractivity contribution in [2.24, 2.45) is 5.10 Å². The van der Waals surface area contributed by atoms with Crippen molar-refractivity contribution in [2.75, 3.05) is 0 Å². The third-order valence-corrected chi connectivity index (χ3v) is 3.41. The van der Waals surface area contributed by atoms with E-state index in [9.17, 15) is 4.79 Å². The van der Waals surface area contributed by atoms with E-state index in [1.54, 1.807) is 24.3 Å². The zero-order valence-corrected chi connectivity index (χ0v) is 12.6. The zero-order chi connectivity index (χ0) is 15.1. The molecule has 108 valence electrons. The van der Waals surface area contributed by atoms with Crippen molar-refractivity contribution in [3.05, 3.63) is 70.7 Å². The van der Waals surface area contributed by atoms with Gasteiger partial charge in [0.2, 0.25) is 0 Å². The topological polar surface area (TPSA) is 41.5 Å². The molecule has 0 heterocycles. The van der Waals surface area contributed by atoms with E-state index in [0.717, 1.165) is 18.6 Å². The minimum absolute atomic E-state index is 0.292. The maximum absolute atomic E-state index is 11.9. The largest absolute Gasteiger partial charge is 0.272 e. The van der Waals surface area contributed by atoms with Gasteiger partial charge in [-0.25, -0.2) is 5.43 Å². The molecule has 0 radical (unpaired) electrons. The van der Waals surface area contributed by atoms with Crippen molar-refractivity contribution in [3.8, 4) is 0 Å². The van der Waals surface area contributed by atoms with Crippen LogP contribution < -0.4 is 5.43 Å². The van der Waals surface area contributed by atoms with Crippen LogP contribution in [0.1, 0.15) is 29.3 Å². The lowest BCUT2D eigenvalue weighted by Crippen LogP contribution is -2.19. The summed E-state index contributed by atoms with van der Waals surface area (Å²) in [6, 6.07) is 17.1. The summed E-state index contributed by atoms with van der Waals surface area (Å²) in [5.74, 6) is -0.292. The molecule has 0 aliphatic heterocycles. The van der Waals surface area contributed by atoms with Crippen molar-refractivity contribution in [2.45, 2.75) is 19.8 Å². The monoisotopic (exact) mass is 300 g/mol. The first-order chi connectivity index (χ1) is 10.2. The van der Waals surface area contributed by atoms with E-state index in [0.29, 0.717) is 10.6 Å². The smallest absolute Gasteiger partial charge is 0.267 e. The number of halogens is 1. The highest BCUT2D eigenvalue weighted by Gasteiger charge is 2.08. The summed E-state index contributed by atoms with van der Waals surface area (Å²) in [5, 5.41) is 4.54. The van der Waals surface area contributed by atoms with Crippen LogP contribution in [0.15, 0.2) is 59.7 Å². The van der Waals surface area contributed by atoms with Gasteiger partial charge >= 0.3 is 0 Å². The molecule has 0 bridgehead atoms. The van der Waals surface area contributed by atoms with E-state index in [-0.39, 0.29) is 5.91 Å². The van der Waals surface area contributed by atoms with E-state index < -0.39 is 0 Å². The standard InChI is InChI=1S/C17H17ClN2O/c1-13(11-12-14-7-3-2-4-8-14)19-20-17(21)15-9-5-6-10-16(15)18/h2-10H,11-12H2,1H3,(H,20,21)/b19-13-. The molecular weight excluding hydrogens is 284 g/mol. The van der Waals surface area contributed by atoms with Crippen LogP contribution in [-0.4, -0.2) is 11.6 Å². The summed E-state index contributed by atoms with van der Waals surface area (Å²) in [5.41, 5.74) is 5.10. The average Bonchev–Trinajstić information content (AvgIpc) is 2.52. The molecule has 0 spiro atoms. The van der Waals surface area contributed by atoms with Crippen LogP contribution in [0.4, 0.5) is 0 Å². The van der Waals surface area contributed by atoms with Crippen LogP contribution in [0.25, 0.3) is 0 Å². The number of carbonyl (C=O) groups excluding carboxylic acids is 1. The Bertz CT molecular complexity index is 638. The van der Waals surface area contributed by atoms with Crippen molar-refractivity contribution >= 4 is 23.2 Å². The van der Waals surface area contributed by atoms with E-state index in [1.807, 2.05) is 25.1 Å². The molecule has 0 aliphatic rings. The van der Waals surface area contributed by atoms with E-state index in [2.05, 4.69) is 22.7 Å². The number of aryl methyl sites for hydroxylation is 1. The van der Waals surface area contributed by atoms with Gasteiger partial charge in [-0.15, -0.1) is 0 Å². The molecule has 1 N–H and O–H groups in total. The Morgan fingerprint density at radius 3 is 2.48 bits per heavy atom. The molecule has 3 nitrogen and oxygen atoms in total. The van der Waals surface area contributed by atoms with Crippen LogP contribution in [0.2, 0.25) is 5.02 Å². The molecule has 0 saturated heterocycles. The Hall–Kier alpha value is -2.13. The van der Waals surface area contributed by atoms with E-state index in [4.69, 9.17) is 11.6 Å². The summed E-state index contributed by atoms with van der Waals surface area (Å²) in [7, 11) is 0. The molecular formula is C17H17ClN2O. The lowest BCUT2D eigenvalue weighted by atomic mass is 10.1. The Labute approximate surface area is 129 Å². The second-order valence-corrected chi connectivity index (χ2v) is 5.16. The molecule has 4 heteroatoms. The van der Waals surface area contributed by atoms with Gasteiger partial charge in [-0.1, -0.05) is 54.1 Å². The number of benzene rings is 2. The third-order valence-electron chi connectivity index (χ3n) is 3.09. The third kappa shape index (κ3) is 4.72. The number of hydrogen-bond donors (Lipinski definition) is 1. The van der Waals surface area contributed by atoms with Gasteiger partial charge in [-0.2, -0.15) is 5.10 Å². The summed E-state index contributed by atoms with van der Waals surface area (Å²) in [6.07, 6.45) is 1.70. The number of amides is 1. The van der Waals surface area contributed by atoms with Crippen LogP contribution in [-0.2, 0) is 6.42 Å². The predicted octanol–water partition coefficient (Wildman–Crippen LogP) is 4.08. The second-order valence-electron chi connectivity index (χ2n) is 4.75. The fraction of sp³-hybridized carbons (Fsp3) is 0.176. The number of rotatable bonds is 5. The van der Waals surface area contributed by atoms with Gasteiger partial charge in [0.1, 0.15) is 0 Å². The molecule has 1 amide bonds. The van der Waals surface area contributed by atoms with E-state index >= 15 is 0 Å². The Morgan fingerprint density at radius 1 is 1.10 bits per heavy atom. The second kappa shape index (κ2) is 7.60. The minimum Gasteiger partial charge on any atom is -0.267 e. The number of carbonyl (C=O) groups is 1. The quantitative estimate of drug-likeness (QED) is 0.656. The zero-order valence-electron chi connectivity index (χ0n) is 11.8.